The van der Waals surface area contributed by atoms with Gasteiger partial charge in [-0.25, -0.2) is 0 Å². The van der Waals surface area contributed by atoms with Gasteiger partial charge in [0.15, 0.2) is 5.82 Å². The molecular weight excluding hydrogens is 302 g/mol. The van der Waals surface area contributed by atoms with Gasteiger partial charge < -0.3 is 15.0 Å². The van der Waals surface area contributed by atoms with Crippen LogP contribution in [0.1, 0.15) is 18.2 Å². The maximum Gasteiger partial charge on any atom is 0.153 e. The Labute approximate surface area is 143 Å². The Bertz CT molecular complexity index is 695. The van der Waals surface area contributed by atoms with Gasteiger partial charge in [0.05, 0.1) is 17.1 Å². The number of aliphatic imine (C=N–C) groups is 1. The highest BCUT2D eigenvalue weighted by molar-refractivity contribution is 5.73. The van der Waals surface area contributed by atoms with Crippen LogP contribution in [0.2, 0.25) is 0 Å². The molecule has 6 heteroatoms. The quantitative estimate of drug-likeness (QED) is 0.789. The number of hydrogen-bond donors (Lipinski definition) is 1. The van der Waals surface area contributed by atoms with Gasteiger partial charge >= 0.3 is 0 Å². The van der Waals surface area contributed by atoms with Crippen LogP contribution < -0.4 is 10.1 Å². The summed E-state index contributed by atoms with van der Waals surface area (Å²) in [6.07, 6.45) is 1.78. The number of rotatable bonds is 7. The molecule has 0 saturated carbocycles. The molecule has 1 aromatic heterocycles. The van der Waals surface area contributed by atoms with E-state index in [0.29, 0.717) is 12.4 Å². The second-order valence-electron chi connectivity index (χ2n) is 5.86. The van der Waals surface area contributed by atoms with Gasteiger partial charge in [0.2, 0.25) is 0 Å². The summed E-state index contributed by atoms with van der Waals surface area (Å²) in [5, 5.41) is 11.5. The molecule has 0 aliphatic rings. The largest absolute Gasteiger partial charge is 0.490 e. The van der Waals surface area contributed by atoms with Crippen LogP contribution in [0, 0.1) is 13.8 Å². The summed E-state index contributed by atoms with van der Waals surface area (Å²) in [7, 11) is 4.05. The Hall–Kier alpha value is -2.47. The molecular formula is C18H25N5O. The zero-order valence-corrected chi connectivity index (χ0v) is 15.0. The fourth-order valence-electron chi connectivity index (χ4n) is 2.11. The van der Waals surface area contributed by atoms with Crippen LogP contribution in [0.15, 0.2) is 29.3 Å². The van der Waals surface area contributed by atoms with Gasteiger partial charge in [-0.1, -0.05) is 0 Å². The average Bonchev–Trinajstić information content (AvgIpc) is 2.53. The van der Waals surface area contributed by atoms with E-state index in [1.54, 1.807) is 6.21 Å². The molecule has 0 atom stereocenters. The van der Waals surface area contributed by atoms with E-state index in [2.05, 4.69) is 25.4 Å². The first kappa shape index (κ1) is 17.9. The Kier molecular flexibility index (Phi) is 6.26. The normalized spacial score (nSPS) is 11.2. The van der Waals surface area contributed by atoms with Gasteiger partial charge in [-0.15, -0.1) is 5.10 Å². The highest BCUT2D eigenvalue weighted by Crippen LogP contribution is 2.34. The van der Waals surface area contributed by atoms with Crippen LogP contribution in [0.25, 0.3) is 0 Å². The number of nitrogens with one attached hydrogen (secondary N) is 1. The molecule has 2 rings (SSSR count). The van der Waals surface area contributed by atoms with Crippen LogP contribution >= 0.6 is 0 Å². The van der Waals surface area contributed by atoms with Crippen molar-refractivity contribution in [3.63, 3.8) is 0 Å². The second kappa shape index (κ2) is 8.40. The number of anilines is 2. The zero-order chi connectivity index (χ0) is 17.5. The van der Waals surface area contributed by atoms with E-state index >= 15 is 0 Å². The molecule has 1 heterocycles. The van der Waals surface area contributed by atoms with Crippen molar-refractivity contribution in [3.05, 3.63) is 35.5 Å². The molecule has 0 bridgehead atoms. The first-order chi connectivity index (χ1) is 11.5. The third-order valence-corrected chi connectivity index (χ3v) is 3.42. The summed E-state index contributed by atoms with van der Waals surface area (Å²) in [5.74, 6) is 1.46. The summed E-state index contributed by atoms with van der Waals surface area (Å²) in [4.78, 5) is 6.49. The minimum atomic E-state index is 0.608. The summed E-state index contributed by atoms with van der Waals surface area (Å²) in [6.45, 7) is 7.29. The van der Waals surface area contributed by atoms with Crippen molar-refractivity contribution in [2.24, 2.45) is 4.99 Å². The van der Waals surface area contributed by atoms with Crippen LogP contribution in [0.4, 0.5) is 17.2 Å². The van der Waals surface area contributed by atoms with Gasteiger partial charge in [-0.2, -0.15) is 5.10 Å². The van der Waals surface area contributed by atoms with Gasteiger partial charge in [-0.05, 0) is 64.7 Å². The predicted molar refractivity (Wildman–Crippen MR) is 99.1 cm³/mol. The Balaban J connectivity index is 2.29. The highest BCUT2D eigenvalue weighted by Gasteiger charge is 2.10. The lowest BCUT2D eigenvalue weighted by Crippen LogP contribution is -2.19. The van der Waals surface area contributed by atoms with E-state index in [1.807, 2.05) is 59.1 Å². The van der Waals surface area contributed by atoms with Crippen LogP contribution in [0.3, 0.4) is 0 Å². The number of aryl methyl sites for hydroxylation is 2. The molecule has 1 aromatic carbocycles. The number of hydrogen-bond acceptors (Lipinski definition) is 6. The first-order valence-electron chi connectivity index (χ1n) is 7.98. The van der Waals surface area contributed by atoms with Crippen molar-refractivity contribution >= 4 is 23.4 Å². The van der Waals surface area contributed by atoms with Crippen molar-refractivity contribution in [3.8, 4) is 5.75 Å². The predicted octanol–water partition coefficient (Wildman–Crippen LogP) is 3.50. The first-order valence-corrected chi connectivity index (χ1v) is 7.98. The van der Waals surface area contributed by atoms with Crippen LogP contribution in [0.5, 0.6) is 5.75 Å². The highest BCUT2D eigenvalue weighted by atomic mass is 16.5. The van der Waals surface area contributed by atoms with E-state index < -0.39 is 0 Å². The van der Waals surface area contributed by atoms with Crippen molar-refractivity contribution in [1.29, 1.82) is 0 Å². The molecule has 128 valence electrons. The fourth-order valence-corrected chi connectivity index (χ4v) is 2.11. The molecule has 0 fully saturated rings. The van der Waals surface area contributed by atoms with Crippen molar-refractivity contribution < 1.29 is 4.74 Å². The molecule has 0 saturated heterocycles. The second-order valence-corrected chi connectivity index (χ2v) is 5.86. The lowest BCUT2D eigenvalue weighted by Gasteiger charge is -2.16. The molecule has 0 aliphatic heterocycles. The SMILES string of the molecule is C/C=N\c1cc(Nc2ccc(C)nn2)c(OCCN(C)C)cc1C. The Morgan fingerprint density at radius 1 is 1.21 bits per heavy atom. The summed E-state index contributed by atoms with van der Waals surface area (Å²) in [6, 6.07) is 7.79. The summed E-state index contributed by atoms with van der Waals surface area (Å²) < 4.78 is 5.95. The van der Waals surface area contributed by atoms with Crippen molar-refractivity contribution in [2.45, 2.75) is 20.8 Å². The number of benzene rings is 1. The molecule has 2 aromatic rings. The number of nitrogens with zero attached hydrogens (tertiary/aromatic N) is 4. The smallest absolute Gasteiger partial charge is 0.153 e. The van der Waals surface area contributed by atoms with E-state index in [-0.39, 0.29) is 0 Å². The molecule has 0 aliphatic carbocycles. The third-order valence-electron chi connectivity index (χ3n) is 3.42. The molecule has 0 radical (unpaired) electrons. The molecule has 1 N–H and O–H groups in total. The topological polar surface area (TPSA) is 62.6 Å². The molecule has 0 spiro atoms. The van der Waals surface area contributed by atoms with Crippen molar-refractivity contribution in [1.82, 2.24) is 15.1 Å². The summed E-state index contributed by atoms with van der Waals surface area (Å²) in [5.41, 5.74) is 3.68. The van der Waals surface area contributed by atoms with E-state index in [0.717, 1.165) is 34.9 Å². The van der Waals surface area contributed by atoms with E-state index in [9.17, 15) is 0 Å². The zero-order valence-electron chi connectivity index (χ0n) is 15.0. The van der Waals surface area contributed by atoms with Gasteiger partial charge in [0, 0.05) is 12.8 Å². The average molecular weight is 327 g/mol. The lowest BCUT2D eigenvalue weighted by atomic mass is 10.1. The molecule has 24 heavy (non-hydrogen) atoms. The summed E-state index contributed by atoms with van der Waals surface area (Å²) >= 11 is 0. The Morgan fingerprint density at radius 2 is 2.00 bits per heavy atom. The van der Waals surface area contributed by atoms with Crippen molar-refractivity contribution in [2.75, 3.05) is 32.6 Å². The fraction of sp³-hybridized carbons (Fsp3) is 0.389. The monoisotopic (exact) mass is 327 g/mol. The van der Waals surface area contributed by atoms with E-state index in [4.69, 9.17) is 4.74 Å². The van der Waals surface area contributed by atoms with Gasteiger partial charge in [0.25, 0.3) is 0 Å². The minimum absolute atomic E-state index is 0.608. The van der Waals surface area contributed by atoms with Crippen LogP contribution in [-0.4, -0.2) is 48.6 Å². The maximum atomic E-state index is 5.95. The maximum absolute atomic E-state index is 5.95. The van der Waals surface area contributed by atoms with E-state index in [1.165, 1.54) is 0 Å². The number of ether oxygens (including phenoxy) is 1. The van der Waals surface area contributed by atoms with Crippen LogP contribution in [-0.2, 0) is 0 Å². The third kappa shape index (κ3) is 5.03. The minimum Gasteiger partial charge on any atom is -0.490 e. The Morgan fingerprint density at radius 3 is 2.62 bits per heavy atom. The molecule has 6 nitrogen and oxygen atoms in total. The number of aromatic nitrogens is 2. The molecule has 0 amide bonds. The standard InChI is InChI=1S/C18H25N5O/c1-6-19-15-12-16(20-18-8-7-14(3)21-22-18)17(11-13(15)2)24-10-9-23(4)5/h6-8,11-12H,9-10H2,1-5H3,(H,20,22)/b19-6-. The number of likely N-dealkylation sites (N-methyl/N-ethyl adjacent to an activating group) is 1. The lowest BCUT2D eigenvalue weighted by molar-refractivity contribution is 0.262. The van der Waals surface area contributed by atoms with Gasteiger partial charge in [-0.3, -0.25) is 4.99 Å². The van der Waals surface area contributed by atoms with Gasteiger partial charge in [0.1, 0.15) is 12.4 Å². The molecule has 0 unspecified atom stereocenters.